The van der Waals surface area contributed by atoms with E-state index < -0.39 is 15.9 Å². The quantitative estimate of drug-likeness (QED) is 0.736. The number of benzene rings is 2. The second-order valence-corrected chi connectivity index (χ2v) is 8.29. The Kier molecular flexibility index (Phi) is 6.92. The van der Waals surface area contributed by atoms with Crippen LogP contribution in [0, 0.1) is 0 Å². The maximum Gasteiger partial charge on any atom is 0.264 e. The molecule has 152 valence electrons. The van der Waals surface area contributed by atoms with E-state index >= 15 is 0 Å². The van der Waals surface area contributed by atoms with Crippen LogP contribution in [0.25, 0.3) is 0 Å². The van der Waals surface area contributed by atoms with Gasteiger partial charge in [0.25, 0.3) is 15.9 Å². The predicted octanol–water partition coefficient (Wildman–Crippen LogP) is 1.95. The molecular weight excluding hydrogens is 402 g/mol. The van der Waals surface area contributed by atoms with Crippen LogP contribution >= 0.6 is 12.4 Å². The molecule has 9 heteroatoms. The van der Waals surface area contributed by atoms with Crippen LogP contribution in [0.4, 0.5) is 5.69 Å². The van der Waals surface area contributed by atoms with Crippen molar-refractivity contribution in [1.82, 2.24) is 5.32 Å². The summed E-state index contributed by atoms with van der Waals surface area (Å²) in [5.74, 6) is -0.124. The van der Waals surface area contributed by atoms with Gasteiger partial charge in [-0.1, -0.05) is 18.2 Å². The number of hydrogen-bond donors (Lipinski definition) is 2. The number of para-hydroxylation sites is 1. The van der Waals surface area contributed by atoms with Gasteiger partial charge in [-0.3, -0.25) is 9.10 Å². The van der Waals surface area contributed by atoms with Crippen molar-refractivity contribution in [2.45, 2.75) is 24.3 Å². The molecule has 0 bridgehead atoms. The Morgan fingerprint density at radius 1 is 1.29 bits per heavy atom. The number of rotatable bonds is 6. The monoisotopic (exact) mass is 425 g/mol. The number of fused-ring (bicyclic) bond motifs is 1. The highest BCUT2D eigenvalue weighted by molar-refractivity contribution is 7.92. The maximum absolute atomic E-state index is 13.2. The lowest BCUT2D eigenvalue weighted by atomic mass is 10.1. The second-order valence-electron chi connectivity index (χ2n) is 6.43. The van der Waals surface area contributed by atoms with E-state index in [9.17, 15) is 13.2 Å². The van der Waals surface area contributed by atoms with Gasteiger partial charge in [-0.05, 0) is 43.2 Å². The number of methoxy groups -OCH3 is 1. The van der Waals surface area contributed by atoms with Crippen molar-refractivity contribution in [3.8, 4) is 5.75 Å². The first-order valence-corrected chi connectivity index (χ1v) is 10.1. The molecule has 7 nitrogen and oxygen atoms in total. The summed E-state index contributed by atoms with van der Waals surface area (Å²) in [5, 5.41) is 2.73. The van der Waals surface area contributed by atoms with Gasteiger partial charge in [0.2, 0.25) is 0 Å². The zero-order valence-electron chi connectivity index (χ0n) is 15.7. The number of halogens is 1. The summed E-state index contributed by atoms with van der Waals surface area (Å²) in [7, 11) is -2.36. The van der Waals surface area contributed by atoms with E-state index in [1.165, 1.54) is 29.6 Å². The third kappa shape index (κ3) is 4.09. The molecule has 3 N–H and O–H groups in total. The summed E-state index contributed by atoms with van der Waals surface area (Å²) in [6, 6.07) is 11.5. The molecular formula is C19H24ClN3O4S. The fourth-order valence-electron chi connectivity index (χ4n) is 3.07. The minimum atomic E-state index is -3.79. The molecule has 0 spiro atoms. The molecule has 2 aromatic rings. The van der Waals surface area contributed by atoms with Crippen LogP contribution < -0.4 is 20.1 Å². The van der Waals surface area contributed by atoms with E-state index in [2.05, 4.69) is 5.32 Å². The molecule has 1 heterocycles. The molecule has 1 aliphatic rings. The van der Waals surface area contributed by atoms with Gasteiger partial charge in [-0.2, -0.15) is 0 Å². The van der Waals surface area contributed by atoms with E-state index in [0.717, 1.165) is 5.56 Å². The van der Waals surface area contributed by atoms with Crippen LogP contribution in [0.15, 0.2) is 47.4 Å². The zero-order chi connectivity index (χ0) is 19.6. The average molecular weight is 426 g/mol. The number of ether oxygens (including phenoxy) is 1. The lowest BCUT2D eigenvalue weighted by molar-refractivity contribution is 0.0938. The third-order valence-corrected chi connectivity index (χ3v) is 6.39. The Morgan fingerprint density at radius 3 is 2.68 bits per heavy atom. The lowest BCUT2D eigenvalue weighted by Crippen LogP contribution is -2.38. The van der Waals surface area contributed by atoms with Crippen molar-refractivity contribution < 1.29 is 17.9 Å². The summed E-state index contributed by atoms with van der Waals surface area (Å²) < 4.78 is 33.0. The molecule has 3 rings (SSSR count). The summed E-state index contributed by atoms with van der Waals surface area (Å²) in [5.41, 5.74) is 7.37. The normalized spacial score (nSPS) is 14.0. The number of amides is 1. The number of hydrogen-bond acceptors (Lipinski definition) is 5. The number of carbonyl (C=O) groups excluding carboxylic acids is 1. The number of anilines is 1. The van der Waals surface area contributed by atoms with Gasteiger partial charge < -0.3 is 15.8 Å². The van der Waals surface area contributed by atoms with Crippen LogP contribution in [0.3, 0.4) is 0 Å². The van der Waals surface area contributed by atoms with Crippen LogP contribution in [0.2, 0.25) is 0 Å². The Balaban J connectivity index is 0.00000280. The van der Waals surface area contributed by atoms with Crippen LogP contribution in [-0.4, -0.2) is 40.6 Å². The SMILES string of the molecule is COc1ccc(S(=O)(=O)N2CCc3ccccc32)cc1C(=O)N[C@@H](C)CN.Cl. The van der Waals surface area contributed by atoms with E-state index in [4.69, 9.17) is 10.5 Å². The molecule has 28 heavy (non-hydrogen) atoms. The van der Waals surface area contributed by atoms with Crippen LogP contribution in [-0.2, 0) is 16.4 Å². The minimum absolute atomic E-state index is 0. The van der Waals surface area contributed by atoms with E-state index in [1.54, 1.807) is 13.0 Å². The first kappa shape index (κ1) is 22.0. The van der Waals surface area contributed by atoms with Gasteiger partial charge in [-0.25, -0.2) is 8.42 Å². The lowest BCUT2D eigenvalue weighted by Gasteiger charge is -2.20. The van der Waals surface area contributed by atoms with Gasteiger partial charge in [-0.15, -0.1) is 12.4 Å². The number of nitrogens with zero attached hydrogens (tertiary/aromatic N) is 1. The average Bonchev–Trinajstić information content (AvgIpc) is 3.12. The summed E-state index contributed by atoms with van der Waals surface area (Å²) in [6.45, 7) is 2.42. The smallest absolute Gasteiger partial charge is 0.264 e. The molecule has 0 saturated heterocycles. The third-order valence-electron chi connectivity index (χ3n) is 4.58. The van der Waals surface area contributed by atoms with Crippen LogP contribution in [0.1, 0.15) is 22.8 Å². The van der Waals surface area contributed by atoms with Crippen molar-refractivity contribution in [2.75, 3.05) is 24.5 Å². The molecule has 1 amide bonds. The Labute approximate surface area is 171 Å². The Hall–Kier alpha value is -2.29. The highest BCUT2D eigenvalue weighted by Crippen LogP contribution is 2.33. The molecule has 1 aliphatic heterocycles. The molecule has 0 aliphatic carbocycles. The molecule has 0 unspecified atom stereocenters. The largest absolute Gasteiger partial charge is 0.496 e. The first-order chi connectivity index (χ1) is 12.9. The highest BCUT2D eigenvalue weighted by Gasteiger charge is 2.31. The summed E-state index contributed by atoms with van der Waals surface area (Å²) in [4.78, 5) is 12.6. The fourth-order valence-corrected chi connectivity index (χ4v) is 4.60. The van der Waals surface area contributed by atoms with Crippen molar-refractivity contribution in [1.29, 1.82) is 0 Å². The molecule has 0 radical (unpaired) electrons. The maximum atomic E-state index is 13.2. The topological polar surface area (TPSA) is 102 Å². The predicted molar refractivity (Wildman–Crippen MR) is 111 cm³/mol. The molecule has 0 saturated carbocycles. The molecule has 0 fully saturated rings. The van der Waals surface area contributed by atoms with Crippen molar-refractivity contribution in [3.05, 3.63) is 53.6 Å². The standard InChI is InChI=1S/C19H23N3O4S.ClH/c1-13(12-20)21-19(23)16-11-15(7-8-18(16)26-2)27(24,25)22-10-9-14-5-3-4-6-17(14)22;/h3-8,11,13H,9-10,12,20H2,1-2H3,(H,21,23);1H/t13-;/m0./s1. The number of sulfonamides is 1. The Bertz CT molecular complexity index is 965. The van der Waals surface area contributed by atoms with E-state index in [1.807, 2.05) is 18.2 Å². The summed E-state index contributed by atoms with van der Waals surface area (Å²) >= 11 is 0. The highest BCUT2D eigenvalue weighted by atomic mass is 35.5. The number of nitrogens with two attached hydrogens (primary N) is 1. The van der Waals surface area contributed by atoms with Crippen LogP contribution in [0.5, 0.6) is 5.75 Å². The fraction of sp³-hybridized carbons (Fsp3) is 0.316. The number of nitrogens with one attached hydrogen (secondary N) is 1. The van der Waals surface area contributed by atoms with Gasteiger partial charge in [0, 0.05) is 19.1 Å². The molecule has 0 aromatic heterocycles. The minimum Gasteiger partial charge on any atom is -0.496 e. The zero-order valence-corrected chi connectivity index (χ0v) is 17.3. The molecule has 1 atom stereocenters. The molecule has 2 aromatic carbocycles. The number of carbonyl (C=O) groups is 1. The van der Waals surface area contributed by atoms with Crippen molar-refractivity contribution >= 4 is 34.0 Å². The van der Waals surface area contributed by atoms with E-state index in [-0.39, 0.29) is 35.5 Å². The van der Waals surface area contributed by atoms with E-state index in [0.29, 0.717) is 24.4 Å². The van der Waals surface area contributed by atoms with Gasteiger partial charge in [0.05, 0.1) is 23.3 Å². The summed E-state index contributed by atoms with van der Waals surface area (Å²) in [6.07, 6.45) is 0.660. The first-order valence-electron chi connectivity index (χ1n) is 8.68. The van der Waals surface area contributed by atoms with Gasteiger partial charge in [0.1, 0.15) is 5.75 Å². The van der Waals surface area contributed by atoms with Gasteiger partial charge >= 0.3 is 0 Å². The van der Waals surface area contributed by atoms with Crippen molar-refractivity contribution in [3.63, 3.8) is 0 Å². The van der Waals surface area contributed by atoms with Gasteiger partial charge in [0.15, 0.2) is 0 Å². The Morgan fingerprint density at radius 2 is 2.00 bits per heavy atom. The second kappa shape index (κ2) is 8.81. The van der Waals surface area contributed by atoms with Crippen molar-refractivity contribution in [2.24, 2.45) is 5.73 Å².